The molecule has 4 rings (SSSR count). The minimum Gasteiger partial charge on any atom is -0.486 e. The van der Waals surface area contributed by atoms with Crippen LogP contribution in [0.4, 0.5) is 10.5 Å². The monoisotopic (exact) mass is 583 g/mol. The van der Waals surface area contributed by atoms with Crippen LogP contribution in [-0.2, 0) is 16.2 Å². The number of ether oxygens (including phenoxy) is 1. The molecule has 10 heteroatoms. The Bertz CT molecular complexity index is 1470. The van der Waals surface area contributed by atoms with Crippen molar-refractivity contribution in [3.05, 3.63) is 96.9 Å². The number of nitriles is 1. The second-order valence-corrected chi connectivity index (χ2v) is 9.43. The summed E-state index contributed by atoms with van der Waals surface area (Å²) in [5.74, 6) is -1.30. The van der Waals surface area contributed by atoms with E-state index in [0.717, 1.165) is 10.5 Å². The number of imide groups is 2. The first-order valence-electron chi connectivity index (χ1n) is 10.5. The van der Waals surface area contributed by atoms with Gasteiger partial charge in [0.1, 0.15) is 12.2 Å². The predicted octanol–water partition coefficient (Wildman–Crippen LogP) is 6.18. The number of anilines is 1. The van der Waals surface area contributed by atoms with E-state index in [1.54, 1.807) is 49.4 Å². The third kappa shape index (κ3) is 5.14. The van der Waals surface area contributed by atoms with Gasteiger partial charge in [0, 0.05) is 10.6 Å². The lowest BCUT2D eigenvalue weighted by molar-refractivity contribution is -0.122. The lowest BCUT2D eigenvalue weighted by Gasteiger charge is -2.26. The molecule has 1 saturated heterocycles. The van der Waals surface area contributed by atoms with Crippen LogP contribution in [0.15, 0.2) is 64.6 Å². The Hall–Kier alpha value is -3.64. The topological polar surface area (TPSA) is 99.5 Å². The molecule has 0 unspecified atom stereocenters. The molecule has 0 aliphatic carbocycles. The van der Waals surface area contributed by atoms with Crippen molar-refractivity contribution < 1.29 is 19.1 Å². The average Bonchev–Trinajstić information content (AvgIpc) is 2.83. The van der Waals surface area contributed by atoms with Gasteiger partial charge in [0.15, 0.2) is 5.75 Å². The number of amides is 4. The van der Waals surface area contributed by atoms with E-state index in [1.807, 2.05) is 0 Å². The molecule has 0 spiro atoms. The number of halogens is 3. The lowest BCUT2D eigenvalue weighted by atomic mass is 10.1. The number of nitrogens with zero attached hydrogens (tertiary/aromatic N) is 2. The van der Waals surface area contributed by atoms with Crippen molar-refractivity contribution >= 4 is 68.7 Å². The molecule has 1 fully saturated rings. The summed E-state index contributed by atoms with van der Waals surface area (Å²) in [7, 11) is 0. The van der Waals surface area contributed by atoms with Crippen LogP contribution in [0.2, 0.25) is 10.0 Å². The molecule has 180 valence electrons. The number of hydrogen-bond donors (Lipinski definition) is 1. The first kappa shape index (κ1) is 25.5. The van der Waals surface area contributed by atoms with Gasteiger partial charge in [-0.05, 0) is 70.4 Å². The van der Waals surface area contributed by atoms with Crippen molar-refractivity contribution in [3.63, 3.8) is 0 Å². The Labute approximate surface area is 225 Å². The smallest absolute Gasteiger partial charge is 0.335 e. The molecule has 0 bridgehead atoms. The number of carbonyl (C=O) groups is 3. The van der Waals surface area contributed by atoms with Gasteiger partial charge in [0.25, 0.3) is 11.8 Å². The van der Waals surface area contributed by atoms with Gasteiger partial charge in [-0.1, -0.05) is 47.5 Å². The number of hydrogen-bond acceptors (Lipinski definition) is 5. The first-order chi connectivity index (χ1) is 17.2. The molecule has 7 nitrogen and oxygen atoms in total. The number of urea groups is 1. The molecule has 0 radical (unpaired) electrons. The number of nitrogens with one attached hydrogen (secondary N) is 1. The zero-order valence-electron chi connectivity index (χ0n) is 18.6. The van der Waals surface area contributed by atoms with Gasteiger partial charge in [-0.15, -0.1) is 0 Å². The highest BCUT2D eigenvalue weighted by atomic mass is 79.9. The number of aryl methyl sites for hydroxylation is 1. The Morgan fingerprint density at radius 3 is 2.53 bits per heavy atom. The molecular weight excluding hydrogens is 569 g/mol. The fraction of sp³-hybridized carbons (Fsp3) is 0.0769. The van der Waals surface area contributed by atoms with E-state index in [1.165, 1.54) is 18.2 Å². The summed E-state index contributed by atoms with van der Waals surface area (Å²) in [6, 6.07) is 16.1. The highest BCUT2D eigenvalue weighted by Gasteiger charge is 2.37. The first-order valence-corrected chi connectivity index (χ1v) is 12.0. The lowest BCUT2D eigenvalue weighted by Crippen LogP contribution is -2.54. The molecule has 3 aromatic carbocycles. The summed E-state index contributed by atoms with van der Waals surface area (Å²) in [5, 5.41) is 12.0. The van der Waals surface area contributed by atoms with E-state index < -0.39 is 17.8 Å². The van der Waals surface area contributed by atoms with Crippen molar-refractivity contribution in [1.82, 2.24) is 5.32 Å². The fourth-order valence-electron chi connectivity index (χ4n) is 3.49. The Balaban J connectivity index is 1.62. The maximum Gasteiger partial charge on any atom is 0.335 e. The number of rotatable bonds is 5. The van der Waals surface area contributed by atoms with Gasteiger partial charge in [0.2, 0.25) is 0 Å². The van der Waals surface area contributed by atoms with Gasteiger partial charge in [-0.3, -0.25) is 14.9 Å². The summed E-state index contributed by atoms with van der Waals surface area (Å²) in [4.78, 5) is 38.9. The third-order valence-corrected chi connectivity index (χ3v) is 6.63. The fourth-order valence-corrected chi connectivity index (χ4v) is 4.65. The van der Waals surface area contributed by atoms with Gasteiger partial charge in [0.05, 0.1) is 26.8 Å². The Kier molecular flexibility index (Phi) is 7.45. The zero-order chi connectivity index (χ0) is 26.0. The van der Waals surface area contributed by atoms with Crippen molar-refractivity contribution in [2.24, 2.45) is 0 Å². The molecule has 4 amide bonds. The molecule has 0 atom stereocenters. The summed E-state index contributed by atoms with van der Waals surface area (Å²) in [6.07, 6.45) is 1.33. The quantitative estimate of drug-likeness (QED) is 0.285. The number of benzene rings is 3. The second kappa shape index (κ2) is 10.5. The molecule has 36 heavy (non-hydrogen) atoms. The van der Waals surface area contributed by atoms with Crippen LogP contribution in [0, 0.1) is 18.3 Å². The highest BCUT2D eigenvalue weighted by molar-refractivity contribution is 9.10. The van der Waals surface area contributed by atoms with Gasteiger partial charge in [-0.2, -0.15) is 5.26 Å². The molecule has 1 N–H and O–H groups in total. The minimum atomic E-state index is -0.873. The van der Waals surface area contributed by atoms with Gasteiger partial charge < -0.3 is 4.74 Å². The van der Waals surface area contributed by atoms with Gasteiger partial charge >= 0.3 is 6.03 Å². The van der Waals surface area contributed by atoms with Gasteiger partial charge in [-0.25, -0.2) is 9.69 Å². The van der Waals surface area contributed by atoms with Crippen LogP contribution < -0.4 is 15.0 Å². The van der Waals surface area contributed by atoms with Crippen LogP contribution in [0.5, 0.6) is 5.75 Å². The number of barbiturate groups is 1. The van der Waals surface area contributed by atoms with E-state index in [2.05, 4.69) is 27.3 Å². The SMILES string of the molecule is Cc1ccc(N2C(=O)NC(=O)/C(=C/c3cc(Cl)c(OCc4ccccc4C#N)c(Br)c3)C2=O)cc1Cl. The zero-order valence-corrected chi connectivity index (χ0v) is 21.7. The largest absolute Gasteiger partial charge is 0.486 e. The molecule has 3 aromatic rings. The van der Waals surface area contributed by atoms with E-state index in [-0.39, 0.29) is 22.9 Å². The standard InChI is InChI=1S/C26H16BrCl2N3O4/c1-14-6-7-18(11-21(14)28)32-25(34)19(24(33)31-26(32)35)8-15-9-20(27)23(22(29)10-15)36-13-17-5-3-2-4-16(17)12-30/h2-11H,13H2,1H3,(H,31,33,35)/b19-8-. The minimum absolute atomic E-state index is 0.111. The Morgan fingerprint density at radius 1 is 1.08 bits per heavy atom. The predicted molar refractivity (Wildman–Crippen MR) is 140 cm³/mol. The second-order valence-electron chi connectivity index (χ2n) is 7.76. The van der Waals surface area contributed by atoms with Crippen LogP contribution >= 0.6 is 39.1 Å². The maximum absolute atomic E-state index is 13.1. The maximum atomic E-state index is 13.1. The molecular formula is C26H16BrCl2N3O4. The van der Waals surface area contributed by atoms with Crippen molar-refractivity contribution in [2.75, 3.05) is 4.90 Å². The number of carbonyl (C=O) groups excluding carboxylic acids is 3. The summed E-state index contributed by atoms with van der Waals surface area (Å²) in [5.41, 5.74) is 2.35. The summed E-state index contributed by atoms with van der Waals surface area (Å²) in [6.45, 7) is 1.90. The molecule has 1 aliphatic rings. The van der Waals surface area contributed by atoms with Crippen LogP contribution in [0.25, 0.3) is 6.08 Å². The van der Waals surface area contributed by atoms with E-state index >= 15 is 0 Å². The van der Waals surface area contributed by atoms with Crippen molar-refractivity contribution in [2.45, 2.75) is 13.5 Å². The normalized spacial score (nSPS) is 14.6. The van der Waals surface area contributed by atoms with E-state index in [4.69, 9.17) is 27.9 Å². The summed E-state index contributed by atoms with van der Waals surface area (Å²) >= 11 is 16.0. The molecule has 1 aliphatic heterocycles. The van der Waals surface area contributed by atoms with Crippen molar-refractivity contribution in [1.29, 1.82) is 5.26 Å². The van der Waals surface area contributed by atoms with Crippen molar-refractivity contribution in [3.8, 4) is 11.8 Å². The van der Waals surface area contributed by atoms with Crippen LogP contribution in [-0.4, -0.2) is 17.8 Å². The molecule has 0 aromatic heterocycles. The molecule has 0 saturated carbocycles. The van der Waals surface area contributed by atoms with Crippen LogP contribution in [0.3, 0.4) is 0 Å². The van der Waals surface area contributed by atoms with E-state index in [9.17, 15) is 19.6 Å². The Morgan fingerprint density at radius 2 is 1.83 bits per heavy atom. The average molecular weight is 585 g/mol. The van der Waals surface area contributed by atoms with E-state index in [0.29, 0.717) is 31.9 Å². The third-order valence-electron chi connectivity index (χ3n) is 5.36. The highest BCUT2D eigenvalue weighted by Crippen LogP contribution is 2.36. The molecule has 1 heterocycles. The van der Waals surface area contributed by atoms with Crippen LogP contribution in [0.1, 0.15) is 22.3 Å². The summed E-state index contributed by atoms with van der Waals surface area (Å²) < 4.78 is 6.30.